The number of carbonyl (C=O) groups excluding carboxylic acids is 1. The summed E-state index contributed by atoms with van der Waals surface area (Å²) in [6.45, 7) is 0. The molecule has 0 radical (unpaired) electrons. The monoisotopic (exact) mass is 247 g/mol. The van der Waals surface area contributed by atoms with Crippen LogP contribution in [0.5, 0.6) is 0 Å². The standard InChI is InChI=1S/C9H7Cl2NO3/c10-9(11)5-8(13)6-2-1-3-7(4-6)12(14)15/h1-4,9H,5H2. The quantitative estimate of drug-likeness (QED) is 0.356. The number of Topliss-reactive ketones (excluding diaryl/α,β-unsaturated/α-hetero) is 1. The van der Waals surface area contributed by atoms with E-state index in [2.05, 4.69) is 0 Å². The fraction of sp³-hybridized carbons (Fsp3) is 0.222. The molecule has 0 bridgehead atoms. The average molecular weight is 248 g/mol. The van der Waals surface area contributed by atoms with Crippen molar-refractivity contribution in [2.24, 2.45) is 0 Å². The molecule has 1 aromatic rings. The van der Waals surface area contributed by atoms with Crippen molar-refractivity contribution in [3.63, 3.8) is 0 Å². The maximum Gasteiger partial charge on any atom is 0.270 e. The number of hydrogen-bond donors (Lipinski definition) is 0. The molecule has 1 rings (SSSR count). The molecule has 1 aromatic carbocycles. The van der Waals surface area contributed by atoms with Gasteiger partial charge in [-0.2, -0.15) is 0 Å². The van der Waals surface area contributed by atoms with E-state index in [0.29, 0.717) is 0 Å². The second kappa shape index (κ2) is 5.09. The van der Waals surface area contributed by atoms with E-state index in [1.807, 2.05) is 0 Å². The summed E-state index contributed by atoms with van der Waals surface area (Å²) >= 11 is 10.9. The number of hydrogen-bond acceptors (Lipinski definition) is 3. The molecule has 0 heterocycles. The van der Waals surface area contributed by atoms with Gasteiger partial charge in [-0.15, -0.1) is 23.2 Å². The van der Waals surface area contributed by atoms with Crippen molar-refractivity contribution in [2.45, 2.75) is 11.3 Å². The second-order valence-electron chi connectivity index (χ2n) is 2.83. The summed E-state index contributed by atoms with van der Waals surface area (Å²) < 4.78 is 0. The second-order valence-corrected chi connectivity index (χ2v) is 4.10. The molecule has 0 atom stereocenters. The molecule has 0 aliphatic heterocycles. The van der Waals surface area contributed by atoms with E-state index in [0.717, 1.165) is 0 Å². The summed E-state index contributed by atoms with van der Waals surface area (Å²) in [6.07, 6.45) is -0.0513. The molecule has 6 heteroatoms. The van der Waals surface area contributed by atoms with Gasteiger partial charge in [-0.25, -0.2) is 0 Å². The maximum absolute atomic E-state index is 11.4. The van der Waals surface area contributed by atoms with E-state index in [1.54, 1.807) is 0 Å². The van der Waals surface area contributed by atoms with Crippen molar-refractivity contribution < 1.29 is 9.72 Å². The molecule has 0 saturated carbocycles. The van der Waals surface area contributed by atoms with E-state index < -0.39 is 9.76 Å². The summed E-state index contributed by atoms with van der Waals surface area (Å²) in [5.74, 6) is -0.311. The minimum absolute atomic E-state index is 0.0513. The van der Waals surface area contributed by atoms with Crippen LogP contribution < -0.4 is 0 Å². The van der Waals surface area contributed by atoms with Crippen LogP contribution in [0.1, 0.15) is 16.8 Å². The number of halogens is 2. The molecule has 4 nitrogen and oxygen atoms in total. The van der Waals surface area contributed by atoms with Crippen LogP contribution in [0.15, 0.2) is 24.3 Å². The van der Waals surface area contributed by atoms with Crippen LogP contribution in [-0.4, -0.2) is 15.5 Å². The lowest BCUT2D eigenvalue weighted by atomic mass is 10.1. The first-order valence-electron chi connectivity index (χ1n) is 4.06. The molecule has 0 N–H and O–H groups in total. The van der Waals surface area contributed by atoms with Crippen LogP contribution in [0.4, 0.5) is 5.69 Å². The van der Waals surface area contributed by atoms with Gasteiger partial charge in [-0.1, -0.05) is 12.1 Å². The minimum atomic E-state index is -0.795. The van der Waals surface area contributed by atoms with E-state index >= 15 is 0 Å². The fourth-order valence-electron chi connectivity index (χ4n) is 1.05. The lowest BCUT2D eigenvalue weighted by Crippen LogP contribution is -2.04. The van der Waals surface area contributed by atoms with Gasteiger partial charge in [-0.05, 0) is 0 Å². The average Bonchev–Trinajstić information content (AvgIpc) is 2.17. The molecular weight excluding hydrogens is 241 g/mol. The number of carbonyl (C=O) groups is 1. The van der Waals surface area contributed by atoms with Gasteiger partial charge in [0.1, 0.15) is 4.84 Å². The third-order valence-electron chi connectivity index (χ3n) is 1.72. The van der Waals surface area contributed by atoms with Crippen molar-refractivity contribution in [3.05, 3.63) is 39.9 Å². The molecule has 15 heavy (non-hydrogen) atoms. The van der Waals surface area contributed by atoms with Crippen LogP contribution in [-0.2, 0) is 0 Å². The largest absolute Gasteiger partial charge is 0.294 e. The lowest BCUT2D eigenvalue weighted by molar-refractivity contribution is -0.384. The van der Waals surface area contributed by atoms with Crippen molar-refractivity contribution >= 4 is 34.7 Å². The molecule has 0 saturated heterocycles. The highest BCUT2D eigenvalue weighted by Gasteiger charge is 2.13. The van der Waals surface area contributed by atoms with E-state index in [1.165, 1.54) is 24.3 Å². The van der Waals surface area contributed by atoms with Crippen LogP contribution in [0, 0.1) is 10.1 Å². The van der Waals surface area contributed by atoms with Crippen molar-refractivity contribution in [3.8, 4) is 0 Å². The normalized spacial score (nSPS) is 10.3. The Bertz CT molecular complexity index is 393. The van der Waals surface area contributed by atoms with Crippen molar-refractivity contribution in [2.75, 3.05) is 0 Å². The Morgan fingerprint density at radius 1 is 1.47 bits per heavy atom. The van der Waals surface area contributed by atoms with Crippen molar-refractivity contribution in [1.82, 2.24) is 0 Å². The van der Waals surface area contributed by atoms with Gasteiger partial charge in [0.25, 0.3) is 5.69 Å². The highest BCUT2D eigenvalue weighted by atomic mass is 35.5. The van der Waals surface area contributed by atoms with Gasteiger partial charge in [0.15, 0.2) is 5.78 Å². The minimum Gasteiger partial charge on any atom is -0.294 e. The number of benzene rings is 1. The zero-order chi connectivity index (χ0) is 11.4. The molecule has 0 unspecified atom stereocenters. The highest BCUT2D eigenvalue weighted by molar-refractivity contribution is 6.45. The number of alkyl halides is 2. The first-order valence-corrected chi connectivity index (χ1v) is 4.94. The summed E-state index contributed by atoms with van der Waals surface area (Å²) in [6, 6.07) is 5.46. The first kappa shape index (κ1) is 11.9. The van der Waals surface area contributed by atoms with Crippen LogP contribution in [0.2, 0.25) is 0 Å². The Labute approximate surface area is 95.9 Å². The number of nitrogens with zero attached hydrogens (tertiary/aromatic N) is 1. The zero-order valence-corrected chi connectivity index (χ0v) is 9.03. The Morgan fingerprint density at radius 3 is 2.67 bits per heavy atom. The van der Waals surface area contributed by atoms with Crippen LogP contribution in [0.3, 0.4) is 0 Å². The van der Waals surface area contributed by atoms with Crippen molar-refractivity contribution in [1.29, 1.82) is 0 Å². The van der Waals surface area contributed by atoms with Gasteiger partial charge < -0.3 is 0 Å². The number of nitro benzene ring substituents is 1. The van der Waals surface area contributed by atoms with Crippen LogP contribution >= 0.6 is 23.2 Å². The highest BCUT2D eigenvalue weighted by Crippen LogP contribution is 2.17. The van der Waals surface area contributed by atoms with E-state index in [4.69, 9.17) is 23.2 Å². The third kappa shape index (κ3) is 3.49. The molecular formula is C9H7Cl2NO3. The first-order chi connectivity index (χ1) is 7.00. The Balaban J connectivity index is 2.90. The van der Waals surface area contributed by atoms with E-state index in [9.17, 15) is 14.9 Å². The van der Waals surface area contributed by atoms with Gasteiger partial charge in [0.2, 0.25) is 0 Å². The van der Waals surface area contributed by atoms with Gasteiger partial charge in [0, 0.05) is 24.1 Å². The predicted molar refractivity (Wildman–Crippen MR) is 57.5 cm³/mol. The van der Waals surface area contributed by atoms with Crippen LogP contribution in [0.25, 0.3) is 0 Å². The number of non-ortho nitro benzene ring substituents is 1. The van der Waals surface area contributed by atoms with Gasteiger partial charge in [-0.3, -0.25) is 14.9 Å². The number of rotatable bonds is 4. The molecule has 0 aliphatic rings. The summed E-state index contributed by atoms with van der Waals surface area (Å²) in [4.78, 5) is 20.5. The summed E-state index contributed by atoms with van der Waals surface area (Å²) in [5, 5.41) is 10.4. The molecule has 80 valence electrons. The Kier molecular flexibility index (Phi) is 4.05. The topological polar surface area (TPSA) is 60.2 Å². The summed E-state index contributed by atoms with van der Waals surface area (Å²) in [7, 11) is 0. The molecule has 0 fully saturated rings. The molecule has 0 aliphatic carbocycles. The SMILES string of the molecule is O=C(CC(Cl)Cl)c1cccc([N+](=O)[O-])c1. The third-order valence-corrected chi connectivity index (χ3v) is 2.03. The molecule has 0 aromatic heterocycles. The maximum atomic E-state index is 11.4. The smallest absolute Gasteiger partial charge is 0.270 e. The molecule has 0 amide bonds. The van der Waals surface area contributed by atoms with Gasteiger partial charge >= 0.3 is 0 Å². The lowest BCUT2D eigenvalue weighted by Gasteiger charge is -2.00. The Hall–Kier alpha value is -1.13. The predicted octanol–water partition coefficient (Wildman–Crippen LogP) is 2.97. The Morgan fingerprint density at radius 2 is 2.13 bits per heavy atom. The zero-order valence-electron chi connectivity index (χ0n) is 7.52. The number of ketones is 1. The number of nitro groups is 1. The van der Waals surface area contributed by atoms with E-state index in [-0.39, 0.29) is 23.5 Å². The van der Waals surface area contributed by atoms with Gasteiger partial charge in [0.05, 0.1) is 4.92 Å². The fourth-order valence-corrected chi connectivity index (χ4v) is 1.33. The molecule has 0 spiro atoms. The summed E-state index contributed by atoms with van der Waals surface area (Å²) in [5.41, 5.74) is 0.122.